The van der Waals surface area contributed by atoms with Gasteiger partial charge in [0, 0.05) is 26.2 Å². The molecule has 1 aliphatic rings. The molecule has 0 unspecified atom stereocenters. The summed E-state index contributed by atoms with van der Waals surface area (Å²) in [4.78, 5) is 14.5. The van der Waals surface area contributed by atoms with Crippen LogP contribution in [0.15, 0.2) is 0 Å². The second-order valence-electron chi connectivity index (χ2n) is 3.66. The van der Waals surface area contributed by atoms with Gasteiger partial charge in [0.1, 0.15) is 0 Å². The first-order valence-electron chi connectivity index (χ1n) is 5.68. The number of nitrogens with one attached hydrogen (secondary N) is 1. The summed E-state index contributed by atoms with van der Waals surface area (Å²) in [6, 6.07) is 0. The number of anilines is 1. The molecule has 1 aromatic heterocycles. The number of carbonyl (C=O) groups excluding carboxylic acids is 1. The third kappa shape index (κ3) is 3.13. The predicted octanol–water partition coefficient (Wildman–Crippen LogP) is -1.35. The van der Waals surface area contributed by atoms with Gasteiger partial charge in [-0.25, -0.2) is 4.79 Å². The van der Waals surface area contributed by atoms with Crippen molar-refractivity contribution in [1.82, 2.24) is 25.5 Å². The van der Waals surface area contributed by atoms with Gasteiger partial charge in [-0.1, -0.05) is 5.10 Å². The summed E-state index contributed by atoms with van der Waals surface area (Å²) in [7, 11) is 0. The van der Waals surface area contributed by atoms with Crippen molar-refractivity contribution >= 4 is 11.9 Å². The van der Waals surface area contributed by atoms with Gasteiger partial charge >= 0.3 is 5.97 Å². The van der Waals surface area contributed by atoms with Crippen molar-refractivity contribution in [3.8, 4) is 0 Å². The summed E-state index contributed by atoms with van der Waals surface area (Å²) in [5, 5.41) is 15.1. The van der Waals surface area contributed by atoms with Gasteiger partial charge in [0.15, 0.2) is 6.54 Å². The van der Waals surface area contributed by atoms with E-state index in [1.54, 1.807) is 6.92 Å². The Bertz CT molecular complexity index is 373. The second kappa shape index (κ2) is 5.58. The monoisotopic (exact) mass is 240 g/mol. The van der Waals surface area contributed by atoms with Crippen LogP contribution in [0.5, 0.6) is 0 Å². The molecule has 0 atom stereocenters. The molecule has 2 heterocycles. The largest absolute Gasteiger partial charge is 0.465 e. The standard InChI is InChI=1S/C9H16N6O2/c1-2-17-8(16)7-15-12-9(11-13-15)14-5-3-10-4-6-14/h10H,2-7H2,1H3. The van der Waals surface area contributed by atoms with Crippen LogP contribution >= 0.6 is 0 Å². The zero-order valence-electron chi connectivity index (χ0n) is 9.80. The van der Waals surface area contributed by atoms with E-state index in [2.05, 4.69) is 20.7 Å². The number of nitrogens with zero attached hydrogens (tertiary/aromatic N) is 5. The third-order valence-electron chi connectivity index (χ3n) is 2.42. The van der Waals surface area contributed by atoms with Gasteiger partial charge in [0.25, 0.3) is 5.95 Å². The van der Waals surface area contributed by atoms with E-state index in [1.165, 1.54) is 4.80 Å². The van der Waals surface area contributed by atoms with Crippen molar-refractivity contribution in [3.05, 3.63) is 0 Å². The molecule has 94 valence electrons. The third-order valence-corrected chi connectivity index (χ3v) is 2.42. The molecule has 1 aromatic rings. The molecule has 1 N–H and O–H groups in total. The van der Waals surface area contributed by atoms with Crippen LogP contribution in [-0.4, -0.2) is 59.0 Å². The first-order chi connectivity index (χ1) is 8.29. The highest BCUT2D eigenvalue weighted by Gasteiger charge is 2.16. The Hall–Kier alpha value is -1.70. The Kier molecular flexibility index (Phi) is 3.86. The van der Waals surface area contributed by atoms with Gasteiger partial charge < -0.3 is 15.0 Å². The fourth-order valence-corrected chi connectivity index (χ4v) is 1.62. The topological polar surface area (TPSA) is 85.2 Å². The quantitative estimate of drug-likeness (QED) is 0.651. The van der Waals surface area contributed by atoms with Crippen LogP contribution in [0.25, 0.3) is 0 Å². The number of rotatable bonds is 4. The van der Waals surface area contributed by atoms with E-state index in [0.29, 0.717) is 12.6 Å². The van der Waals surface area contributed by atoms with Crippen LogP contribution in [0, 0.1) is 0 Å². The van der Waals surface area contributed by atoms with Gasteiger partial charge in [0.05, 0.1) is 6.61 Å². The molecule has 0 radical (unpaired) electrons. The van der Waals surface area contributed by atoms with Crippen LogP contribution in [0.1, 0.15) is 6.92 Å². The average molecular weight is 240 g/mol. The summed E-state index contributed by atoms with van der Waals surface area (Å²) < 4.78 is 4.81. The summed E-state index contributed by atoms with van der Waals surface area (Å²) in [6.45, 7) is 5.65. The van der Waals surface area contributed by atoms with E-state index in [0.717, 1.165) is 26.2 Å². The number of ether oxygens (including phenoxy) is 1. The molecule has 0 saturated carbocycles. The Balaban J connectivity index is 1.93. The Morgan fingerprint density at radius 3 is 2.94 bits per heavy atom. The lowest BCUT2D eigenvalue weighted by molar-refractivity contribution is -0.144. The SMILES string of the molecule is CCOC(=O)Cn1nnc(N2CCNCC2)n1. The number of carbonyl (C=O) groups is 1. The normalized spacial score (nSPS) is 15.9. The minimum absolute atomic E-state index is 0.00687. The Labute approximate surface area is 98.9 Å². The lowest BCUT2D eigenvalue weighted by Gasteiger charge is -2.25. The van der Waals surface area contributed by atoms with E-state index in [4.69, 9.17) is 4.74 Å². The number of hydrogen-bond donors (Lipinski definition) is 1. The molecular weight excluding hydrogens is 224 g/mol. The van der Waals surface area contributed by atoms with Crippen LogP contribution < -0.4 is 10.2 Å². The molecule has 0 aliphatic carbocycles. The molecule has 8 nitrogen and oxygen atoms in total. The van der Waals surface area contributed by atoms with Crippen LogP contribution in [0.3, 0.4) is 0 Å². The molecule has 0 aromatic carbocycles. The molecule has 17 heavy (non-hydrogen) atoms. The van der Waals surface area contributed by atoms with Crippen LogP contribution in [0.2, 0.25) is 0 Å². The van der Waals surface area contributed by atoms with E-state index in [1.807, 2.05) is 4.90 Å². The van der Waals surface area contributed by atoms with E-state index < -0.39 is 0 Å². The summed E-state index contributed by atoms with van der Waals surface area (Å²) in [5.41, 5.74) is 0. The Morgan fingerprint density at radius 2 is 2.24 bits per heavy atom. The maximum atomic E-state index is 11.2. The minimum Gasteiger partial charge on any atom is -0.465 e. The number of tetrazole rings is 1. The smallest absolute Gasteiger partial charge is 0.329 e. The van der Waals surface area contributed by atoms with Crippen LogP contribution in [-0.2, 0) is 16.1 Å². The predicted molar refractivity (Wildman–Crippen MR) is 59.5 cm³/mol. The molecule has 1 fully saturated rings. The number of piperazine rings is 1. The number of hydrogen-bond acceptors (Lipinski definition) is 7. The fraction of sp³-hybridized carbons (Fsp3) is 0.778. The van der Waals surface area contributed by atoms with E-state index >= 15 is 0 Å². The summed E-state index contributed by atoms with van der Waals surface area (Å²) in [5.74, 6) is 0.215. The summed E-state index contributed by atoms with van der Waals surface area (Å²) >= 11 is 0. The number of aromatic nitrogens is 4. The molecule has 1 saturated heterocycles. The first-order valence-corrected chi connectivity index (χ1v) is 5.68. The molecule has 0 amide bonds. The van der Waals surface area contributed by atoms with Crippen LogP contribution in [0.4, 0.5) is 5.95 Å². The van der Waals surface area contributed by atoms with Crippen molar-refractivity contribution in [2.45, 2.75) is 13.5 Å². The Morgan fingerprint density at radius 1 is 1.47 bits per heavy atom. The molecule has 1 aliphatic heterocycles. The zero-order chi connectivity index (χ0) is 12.1. The van der Waals surface area contributed by atoms with Gasteiger partial charge in [-0.05, 0) is 12.1 Å². The zero-order valence-corrected chi connectivity index (χ0v) is 9.80. The van der Waals surface area contributed by atoms with Crippen molar-refractivity contribution in [2.75, 3.05) is 37.7 Å². The molecular formula is C9H16N6O2. The van der Waals surface area contributed by atoms with Crippen molar-refractivity contribution in [3.63, 3.8) is 0 Å². The van der Waals surface area contributed by atoms with Gasteiger partial charge in [-0.15, -0.1) is 5.10 Å². The molecule has 8 heteroatoms. The highest BCUT2D eigenvalue weighted by molar-refractivity contribution is 5.68. The van der Waals surface area contributed by atoms with Gasteiger partial charge in [0.2, 0.25) is 0 Å². The minimum atomic E-state index is -0.350. The van der Waals surface area contributed by atoms with E-state index in [-0.39, 0.29) is 12.5 Å². The second-order valence-corrected chi connectivity index (χ2v) is 3.66. The van der Waals surface area contributed by atoms with Crippen molar-refractivity contribution in [2.24, 2.45) is 0 Å². The average Bonchev–Trinajstić information content (AvgIpc) is 2.79. The molecule has 0 bridgehead atoms. The lowest BCUT2D eigenvalue weighted by atomic mass is 10.4. The van der Waals surface area contributed by atoms with Crippen molar-refractivity contribution in [1.29, 1.82) is 0 Å². The highest BCUT2D eigenvalue weighted by Crippen LogP contribution is 2.05. The highest BCUT2D eigenvalue weighted by atomic mass is 16.5. The van der Waals surface area contributed by atoms with Crippen molar-refractivity contribution < 1.29 is 9.53 Å². The molecule has 0 spiro atoms. The molecule has 2 rings (SSSR count). The lowest BCUT2D eigenvalue weighted by Crippen LogP contribution is -2.44. The van der Waals surface area contributed by atoms with Gasteiger partial charge in [-0.2, -0.15) is 4.80 Å². The van der Waals surface area contributed by atoms with E-state index in [9.17, 15) is 4.79 Å². The number of esters is 1. The first kappa shape index (κ1) is 11.8. The fourth-order valence-electron chi connectivity index (χ4n) is 1.62. The summed E-state index contributed by atoms with van der Waals surface area (Å²) in [6.07, 6.45) is 0. The van der Waals surface area contributed by atoms with Gasteiger partial charge in [-0.3, -0.25) is 0 Å². The maximum absolute atomic E-state index is 11.2. The maximum Gasteiger partial charge on any atom is 0.329 e.